The zero-order valence-corrected chi connectivity index (χ0v) is 14.6. The number of aryl methyl sites for hydroxylation is 2. The highest BCUT2D eigenvalue weighted by molar-refractivity contribution is 5.77. The minimum atomic E-state index is -0.270. The largest absolute Gasteiger partial charge is 0.348 e. The van der Waals surface area contributed by atoms with Crippen molar-refractivity contribution < 1.29 is 4.79 Å². The van der Waals surface area contributed by atoms with E-state index in [0.717, 1.165) is 12.0 Å². The van der Waals surface area contributed by atoms with Crippen molar-refractivity contribution in [2.24, 2.45) is 7.05 Å². The molecule has 3 rings (SSSR count). The average Bonchev–Trinajstić information content (AvgIpc) is 2.99. The van der Waals surface area contributed by atoms with Gasteiger partial charge in [0.25, 0.3) is 5.56 Å². The zero-order valence-electron chi connectivity index (χ0n) is 14.6. The maximum absolute atomic E-state index is 12.4. The first-order valence-electron chi connectivity index (χ1n) is 8.25. The first kappa shape index (κ1) is 16.9. The van der Waals surface area contributed by atoms with Crippen molar-refractivity contribution >= 4 is 16.9 Å². The first-order chi connectivity index (χ1) is 12.0. The quantitative estimate of drug-likeness (QED) is 0.765. The Morgan fingerprint density at radius 2 is 2.00 bits per heavy atom. The molecule has 2 aromatic heterocycles. The molecule has 25 heavy (non-hydrogen) atoms. The lowest BCUT2D eigenvalue weighted by Gasteiger charge is -2.15. The standard InChI is InChI=1S/C18H21N5O2/c1-4-13-5-7-14(8-6-13)12(2)21-16(24)10-23-11-19-17-15(18(23)25)9-20-22(17)3/h5-9,11-12H,4,10H2,1-3H3,(H,21,24). The molecule has 0 aliphatic carbocycles. The highest BCUT2D eigenvalue weighted by Crippen LogP contribution is 2.13. The lowest BCUT2D eigenvalue weighted by molar-refractivity contribution is -0.122. The van der Waals surface area contributed by atoms with Gasteiger partial charge in [-0.05, 0) is 24.5 Å². The van der Waals surface area contributed by atoms with Crippen molar-refractivity contribution in [3.8, 4) is 0 Å². The van der Waals surface area contributed by atoms with E-state index in [2.05, 4.69) is 34.5 Å². The Kier molecular flexibility index (Phi) is 4.65. The monoisotopic (exact) mass is 339 g/mol. The van der Waals surface area contributed by atoms with Crippen LogP contribution in [0.4, 0.5) is 0 Å². The summed E-state index contributed by atoms with van der Waals surface area (Å²) >= 11 is 0. The third-order valence-corrected chi connectivity index (χ3v) is 4.30. The molecular formula is C18H21N5O2. The topological polar surface area (TPSA) is 81.8 Å². The molecule has 1 amide bonds. The Morgan fingerprint density at radius 3 is 2.68 bits per heavy atom. The van der Waals surface area contributed by atoms with Crippen LogP contribution >= 0.6 is 0 Å². The number of rotatable bonds is 5. The van der Waals surface area contributed by atoms with Gasteiger partial charge in [0.15, 0.2) is 5.65 Å². The summed E-state index contributed by atoms with van der Waals surface area (Å²) in [6, 6.07) is 8.01. The summed E-state index contributed by atoms with van der Waals surface area (Å²) < 4.78 is 2.83. The second-order valence-electron chi connectivity index (χ2n) is 6.07. The van der Waals surface area contributed by atoms with Crippen LogP contribution in [0.1, 0.15) is 31.0 Å². The minimum Gasteiger partial charge on any atom is -0.348 e. The Hall–Kier alpha value is -2.96. The van der Waals surface area contributed by atoms with Crippen LogP contribution in [0.15, 0.2) is 41.6 Å². The molecule has 7 nitrogen and oxygen atoms in total. The molecule has 0 radical (unpaired) electrons. The number of carbonyl (C=O) groups is 1. The van der Waals surface area contributed by atoms with E-state index >= 15 is 0 Å². The smallest absolute Gasteiger partial charge is 0.264 e. The fraction of sp³-hybridized carbons (Fsp3) is 0.333. The summed E-state index contributed by atoms with van der Waals surface area (Å²) in [5, 5.41) is 7.34. The molecule has 1 N–H and O–H groups in total. The number of hydrogen-bond donors (Lipinski definition) is 1. The Balaban J connectivity index is 1.71. The van der Waals surface area contributed by atoms with Gasteiger partial charge in [-0.15, -0.1) is 0 Å². The van der Waals surface area contributed by atoms with Crippen molar-refractivity contribution in [2.45, 2.75) is 32.9 Å². The van der Waals surface area contributed by atoms with Gasteiger partial charge in [0.1, 0.15) is 18.3 Å². The van der Waals surface area contributed by atoms with E-state index in [4.69, 9.17) is 0 Å². The van der Waals surface area contributed by atoms with E-state index in [-0.39, 0.29) is 24.1 Å². The molecule has 0 saturated heterocycles. The fourth-order valence-corrected chi connectivity index (χ4v) is 2.75. The molecule has 2 heterocycles. The van der Waals surface area contributed by atoms with E-state index in [1.165, 1.54) is 27.3 Å². The van der Waals surface area contributed by atoms with Gasteiger partial charge in [0.05, 0.1) is 12.2 Å². The van der Waals surface area contributed by atoms with Crippen molar-refractivity contribution in [3.63, 3.8) is 0 Å². The number of benzene rings is 1. The number of nitrogens with zero attached hydrogens (tertiary/aromatic N) is 4. The number of fused-ring (bicyclic) bond motifs is 1. The van der Waals surface area contributed by atoms with Crippen molar-refractivity contribution in [1.29, 1.82) is 0 Å². The number of amides is 1. The summed E-state index contributed by atoms with van der Waals surface area (Å²) in [5.74, 6) is -0.237. The predicted molar refractivity (Wildman–Crippen MR) is 95.1 cm³/mol. The maximum Gasteiger partial charge on any atom is 0.264 e. The Morgan fingerprint density at radius 1 is 1.28 bits per heavy atom. The molecule has 0 fully saturated rings. The van der Waals surface area contributed by atoms with Gasteiger partial charge >= 0.3 is 0 Å². The summed E-state index contributed by atoms with van der Waals surface area (Å²) in [6.07, 6.45) is 3.83. The van der Waals surface area contributed by atoms with Gasteiger partial charge < -0.3 is 5.32 Å². The highest BCUT2D eigenvalue weighted by atomic mass is 16.2. The fourth-order valence-electron chi connectivity index (χ4n) is 2.75. The number of hydrogen-bond acceptors (Lipinski definition) is 4. The average molecular weight is 339 g/mol. The predicted octanol–water partition coefficient (Wildman–Crippen LogP) is 1.57. The van der Waals surface area contributed by atoms with Gasteiger partial charge in [-0.25, -0.2) is 4.98 Å². The van der Waals surface area contributed by atoms with Crippen molar-refractivity contribution in [2.75, 3.05) is 0 Å². The molecule has 7 heteroatoms. The second kappa shape index (κ2) is 6.88. The van der Waals surface area contributed by atoms with Crippen LogP contribution in [0.5, 0.6) is 0 Å². The van der Waals surface area contributed by atoms with Crippen molar-refractivity contribution in [1.82, 2.24) is 24.6 Å². The number of nitrogens with one attached hydrogen (secondary N) is 1. The van der Waals surface area contributed by atoms with Crippen molar-refractivity contribution in [3.05, 3.63) is 58.3 Å². The van der Waals surface area contributed by atoms with E-state index in [9.17, 15) is 9.59 Å². The molecule has 1 unspecified atom stereocenters. The second-order valence-corrected chi connectivity index (χ2v) is 6.07. The van der Waals surface area contributed by atoms with Gasteiger partial charge in [0, 0.05) is 7.05 Å². The Labute approximate surface area is 145 Å². The van der Waals surface area contributed by atoms with Crippen LogP contribution in [0, 0.1) is 0 Å². The Bertz CT molecular complexity index is 956. The van der Waals surface area contributed by atoms with Crippen LogP contribution in [0.2, 0.25) is 0 Å². The number of carbonyl (C=O) groups excluding carboxylic acids is 1. The molecule has 130 valence electrons. The molecule has 3 aromatic rings. The van der Waals surface area contributed by atoms with Gasteiger partial charge in [-0.1, -0.05) is 31.2 Å². The third-order valence-electron chi connectivity index (χ3n) is 4.30. The van der Waals surface area contributed by atoms with Crippen LogP contribution in [-0.4, -0.2) is 25.2 Å². The summed E-state index contributed by atoms with van der Waals surface area (Å²) in [4.78, 5) is 28.9. The van der Waals surface area contributed by atoms with E-state index in [1.807, 2.05) is 19.1 Å². The molecule has 0 aliphatic rings. The van der Waals surface area contributed by atoms with Crippen LogP contribution in [0.3, 0.4) is 0 Å². The van der Waals surface area contributed by atoms with E-state index < -0.39 is 0 Å². The summed E-state index contributed by atoms with van der Waals surface area (Å²) in [5.41, 5.74) is 2.52. The molecule has 1 atom stereocenters. The van der Waals surface area contributed by atoms with Gasteiger partial charge in [-0.3, -0.25) is 18.8 Å². The zero-order chi connectivity index (χ0) is 18.0. The summed E-state index contributed by atoms with van der Waals surface area (Å²) in [6.45, 7) is 3.95. The maximum atomic E-state index is 12.4. The normalized spacial score (nSPS) is 12.3. The van der Waals surface area contributed by atoms with Gasteiger partial charge in [0.2, 0.25) is 5.91 Å². The molecular weight excluding hydrogens is 318 g/mol. The third kappa shape index (κ3) is 3.45. The minimum absolute atomic E-state index is 0.0753. The first-order valence-corrected chi connectivity index (χ1v) is 8.25. The lowest BCUT2D eigenvalue weighted by atomic mass is 10.1. The molecule has 0 bridgehead atoms. The molecule has 1 aromatic carbocycles. The molecule has 0 spiro atoms. The summed E-state index contributed by atoms with van der Waals surface area (Å²) in [7, 11) is 1.72. The molecule has 0 saturated carbocycles. The van der Waals surface area contributed by atoms with E-state index in [0.29, 0.717) is 11.0 Å². The molecule has 0 aliphatic heterocycles. The van der Waals surface area contributed by atoms with Crippen LogP contribution < -0.4 is 10.9 Å². The van der Waals surface area contributed by atoms with Crippen LogP contribution in [-0.2, 0) is 24.8 Å². The highest BCUT2D eigenvalue weighted by Gasteiger charge is 2.13. The number of aromatic nitrogens is 4. The lowest BCUT2D eigenvalue weighted by Crippen LogP contribution is -2.33. The van der Waals surface area contributed by atoms with Crippen LogP contribution in [0.25, 0.3) is 11.0 Å². The van der Waals surface area contributed by atoms with Gasteiger partial charge in [-0.2, -0.15) is 5.10 Å². The SMILES string of the molecule is CCc1ccc(C(C)NC(=O)Cn2cnc3c(cnn3C)c2=O)cc1. The van der Waals surface area contributed by atoms with E-state index in [1.54, 1.807) is 7.05 Å².